The summed E-state index contributed by atoms with van der Waals surface area (Å²) in [6.07, 6.45) is -0.746. The maximum Gasteiger partial charge on any atom is 0.413 e. The largest absolute Gasteiger partial charge is 0.453 e. The average molecular weight is 355 g/mol. The standard InChI is InChI=1S/C16H13N5O5/c1-25-16(22)19-15-18-12-4-2-3-5-13(12)20(15)14(17)26-11-8-6-10(7-9-11)21(23)24/h2-9,17H,1H3,(H,18,19,22). The van der Waals surface area contributed by atoms with Crippen molar-refractivity contribution in [2.24, 2.45) is 0 Å². The van der Waals surface area contributed by atoms with Crippen LogP contribution in [0.15, 0.2) is 48.5 Å². The lowest BCUT2D eigenvalue weighted by Gasteiger charge is -2.11. The predicted octanol–water partition coefficient (Wildman–Crippen LogP) is 2.98. The molecule has 0 saturated heterocycles. The highest BCUT2D eigenvalue weighted by Crippen LogP contribution is 2.22. The summed E-state index contributed by atoms with van der Waals surface area (Å²) >= 11 is 0. The smallest absolute Gasteiger partial charge is 0.413 e. The summed E-state index contributed by atoms with van der Waals surface area (Å²) in [5.74, 6) is 0.271. The molecule has 1 heterocycles. The number of imidazole rings is 1. The molecule has 3 aromatic rings. The molecule has 0 unspecified atom stereocenters. The first kappa shape index (κ1) is 16.9. The molecule has 10 nitrogen and oxygen atoms in total. The number of para-hydroxylation sites is 2. The number of amides is 1. The Hall–Kier alpha value is -3.95. The molecular formula is C16H13N5O5. The number of carbonyl (C=O) groups is 1. The highest BCUT2D eigenvalue weighted by atomic mass is 16.6. The third-order valence-electron chi connectivity index (χ3n) is 3.43. The minimum atomic E-state index is -0.746. The van der Waals surface area contributed by atoms with Gasteiger partial charge in [-0.05, 0) is 24.3 Å². The van der Waals surface area contributed by atoms with Crippen LogP contribution >= 0.6 is 0 Å². The van der Waals surface area contributed by atoms with Crippen LogP contribution in [0.2, 0.25) is 0 Å². The number of nitro groups is 1. The van der Waals surface area contributed by atoms with Gasteiger partial charge in [-0.2, -0.15) is 0 Å². The van der Waals surface area contributed by atoms with Crippen LogP contribution in [0.25, 0.3) is 11.0 Å². The van der Waals surface area contributed by atoms with Crippen molar-refractivity contribution in [1.82, 2.24) is 9.55 Å². The second kappa shape index (κ2) is 6.89. The molecule has 0 fully saturated rings. The van der Waals surface area contributed by atoms with Crippen LogP contribution < -0.4 is 10.1 Å². The molecule has 0 radical (unpaired) electrons. The molecule has 0 spiro atoms. The number of fused-ring (bicyclic) bond motifs is 1. The number of carbonyl (C=O) groups excluding carboxylic acids is 1. The lowest BCUT2D eigenvalue weighted by molar-refractivity contribution is -0.384. The Morgan fingerprint density at radius 1 is 1.23 bits per heavy atom. The van der Waals surface area contributed by atoms with E-state index in [0.717, 1.165) is 0 Å². The third-order valence-corrected chi connectivity index (χ3v) is 3.43. The van der Waals surface area contributed by atoms with Gasteiger partial charge < -0.3 is 9.47 Å². The van der Waals surface area contributed by atoms with E-state index >= 15 is 0 Å². The van der Waals surface area contributed by atoms with Crippen molar-refractivity contribution < 1.29 is 19.2 Å². The van der Waals surface area contributed by atoms with E-state index < -0.39 is 11.0 Å². The maximum absolute atomic E-state index is 11.5. The molecule has 2 aromatic carbocycles. The quantitative estimate of drug-likeness (QED) is 0.321. The summed E-state index contributed by atoms with van der Waals surface area (Å²) in [5.41, 5.74) is 0.978. The van der Waals surface area contributed by atoms with Gasteiger partial charge in [-0.25, -0.2) is 14.3 Å². The van der Waals surface area contributed by atoms with Crippen LogP contribution in [0.5, 0.6) is 5.75 Å². The van der Waals surface area contributed by atoms with Crippen LogP contribution in [0.4, 0.5) is 16.4 Å². The van der Waals surface area contributed by atoms with E-state index in [-0.39, 0.29) is 23.4 Å². The number of nitrogens with zero attached hydrogens (tertiary/aromatic N) is 3. The number of nitrogens with one attached hydrogen (secondary N) is 2. The number of hydrogen-bond donors (Lipinski definition) is 2. The second-order valence-corrected chi connectivity index (χ2v) is 5.03. The van der Waals surface area contributed by atoms with E-state index in [1.807, 2.05) is 0 Å². The Labute approximate surface area is 146 Å². The molecule has 0 aliphatic rings. The van der Waals surface area contributed by atoms with Gasteiger partial charge in [0.25, 0.3) is 5.69 Å². The van der Waals surface area contributed by atoms with Gasteiger partial charge in [0, 0.05) is 12.1 Å². The van der Waals surface area contributed by atoms with E-state index in [1.165, 1.54) is 35.9 Å². The molecule has 0 bridgehead atoms. The Bertz CT molecular complexity index is 996. The van der Waals surface area contributed by atoms with Crippen LogP contribution in [-0.2, 0) is 4.74 Å². The van der Waals surface area contributed by atoms with Gasteiger partial charge in [0.15, 0.2) is 0 Å². The zero-order valence-electron chi connectivity index (χ0n) is 13.5. The van der Waals surface area contributed by atoms with Crippen molar-refractivity contribution in [3.05, 3.63) is 58.6 Å². The number of methoxy groups -OCH3 is 1. The molecule has 26 heavy (non-hydrogen) atoms. The fraction of sp³-hybridized carbons (Fsp3) is 0.0625. The number of rotatable bonds is 3. The summed E-state index contributed by atoms with van der Waals surface area (Å²) in [7, 11) is 1.21. The normalized spacial score (nSPS) is 10.3. The van der Waals surface area contributed by atoms with Crippen molar-refractivity contribution >= 4 is 34.8 Å². The Morgan fingerprint density at radius 2 is 1.92 bits per heavy atom. The maximum atomic E-state index is 11.5. The van der Waals surface area contributed by atoms with Gasteiger partial charge in [-0.3, -0.25) is 20.8 Å². The summed E-state index contributed by atoms with van der Waals surface area (Å²) in [4.78, 5) is 25.9. The van der Waals surface area contributed by atoms with E-state index in [4.69, 9.17) is 10.1 Å². The van der Waals surface area contributed by atoms with Gasteiger partial charge in [-0.15, -0.1) is 0 Å². The lowest BCUT2D eigenvalue weighted by atomic mass is 10.3. The monoisotopic (exact) mass is 355 g/mol. The van der Waals surface area contributed by atoms with E-state index in [1.54, 1.807) is 24.3 Å². The Balaban J connectivity index is 1.94. The second-order valence-electron chi connectivity index (χ2n) is 5.03. The van der Waals surface area contributed by atoms with Crippen molar-refractivity contribution in [1.29, 1.82) is 5.41 Å². The van der Waals surface area contributed by atoms with E-state index in [2.05, 4.69) is 15.0 Å². The SMILES string of the molecule is COC(=O)Nc1nc2ccccc2n1C(=N)Oc1ccc([N+](=O)[O-])cc1. The third kappa shape index (κ3) is 3.29. The van der Waals surface area contributed by atoms with Gasteiger partial charge >= 0.3 is 12.1 Å². The first-order valence-corrected chi connectivity index (χ1v) is 7.33. The molecule has 0 aliphatic heterocycles. The summed E-state index contributed by atoms with van der Waals surface area (Å²) in [5, 5.41) is 21.3. The molecule has 0 saturated carbocycles. The number of non-ortho nitro benzene ring substituents is 1. The minimum Gasteiger partial charge on any atom is -0.453 e. The molecule has 3 rings (SSSR count). The first-order chi connectivity index (χ1) is 12.5. The zero-order chi connectivity index (χ0) is 18.7. The molecule has 0 atom stereocenters. The fourth-order valence-electron chi connectivity index (χ4n) is 2.25. The molecular weight excluding hydrogens is 342 g/mol. The van der Waals surface area contributed by atoms with Crippen LogP contribution in [0, 0.1) is 15.5 Å². The summed E-state index contributed by atoms with van der Waals surface area (Å²) in [6, 6.07) is 11.9. The Morgan fingerprint density at radius 3 is 2.58 bits per heavy atom. The number of ether oxygens (including phenoxy) is 2. The predicted molar refractivity (Wildman–Crippen MR) is 92.6 cm³/mol. The van der Waals surface area contributed by atoms with Gasteiger partial charge in [0.05, 0.1) is 23.1 Å². The number of anilines is 1. The van der Waals surface area contributed by atoms with Gasteiger partial charge in [0.1, 0.15) is 5.75 Å². The summed E-state index contributed by atoms with van der Waals surface area (Å²) in [6.45, 7) is 0. The highest BCUT2D eigenvalue weighted by molar-refractivity contribution is 5.95. The topological polar surface area (TPSA) is 132 Å². The molecule has 0 aliphatic carbocycles. The lowest BCUT2D eigenvalue weighted by Crippen LogP contribution is -2.23. The van der Waals surface area contributed by atoms with Gasteiger partial charge in [0.2, 0.25) is 5.95 Å². The fourth-order valence-corrected chi connectivity index (χ4v) is 2.25. The molecule has 2 N–H and O–H groups in total. The van der Waals surface area contributed by atoms with Crippen molar-refractivity contribution in [2.75, 3.05) is 12.4 Å². The molecule has 1 aromatic heterocycles. The van der Waals surface area contributed by atoms with E-state index in [9.17, 15) is 14.9 Å². The minimum absolute atomic E-state index is 0.0463. The van der Waals surface area contributed by atoms with E-state index in [0.29, 0.717) is 11.0 Å². The van der Waals surface area contributed by atoms with Crippen molar-refractivity contribution in [2.45, 2.75) is 0 Å². The van der Waals surface area contributed by atoms with Crippen LogP contribution in [0.3, 0.4) is 0 Å². The highest BCUT2D eigenvalue weighted by Gasteiger charge is 2.18. The number of aromatic nitrogens is 2. The van der Waals surface area contributed by atoms with Crippen LogP contribution in [0.1, 0.15) is 0 Å². The average Bonchev–Trinajstić information content (AvgIpc) is 2.99. The molecule has 1 amide bonds. The Kier molecular flexibility index (Phi) is 4.48. The van der Waals surface area contributed by atoms with Crippen LogP contribution in [-0.4, -0.2) is 33.7 Å². The number of hydrogen-bond acceptors (Lipinski definition) is 7. The zero-order valence-corrected chi connectivity index (χ0v) is 13.5. The first-order valence-electron chi connectivity index (χ1n) is 7.33. The summed E-state index contributed by atoms with van der Waals surface area (Å²) < 4.78 is 11.3. The molecule has 132 valence electrons. The number of nitro benzene ring substituents is 1. The van der Waals surface area contributed by atoms with Crippen molar-refractivity contribution in [3.8, 4) is 5.75 Å². The number of benzene rings is 2. The molecule has 10 heteroatoms. The van der Waals surface area contributed by atoms with Crippen molar-refractivity contribution in [3.63, 3.8) is 0 Å². The van der Waals surface area contributed by atoms with Gasteiger partial charge in [-0.1, -0.05) is 12.1 Å².